The van der Waals surface area contributed by atoms with Gasteiger partial charge in [-0.25, -0.2) is 8.42 Å². The Morgan fingerprint density at radius 1 is 1.07 bits per heavy atom. The predicted octanol–water partition coefficient (Wildman–Crippen LogP) is 2.11. The number of nitrogens with one attached hydrogen (secondary N) is 1. The first-order valence-electron chi connectivity index (χ1n) is 9.03. The van der Waals surface area contributed by atoms with Crippen LogP contribution < -0.4 is 5.32 Å². The van der Waals surface area contributed by atoms with E-state index in [2.05, 4.69) is 10.2 Å². The van der Waals surface area contributed by atoms with E-state index >= 15 is 0 Å². The third-order valence-corrected chi connectivity index (χ3v) is 6.11. The topological polar surface area (TPSA) is 88.9 Å². The van der Waals surface area contributed by atoms with Gasteiger partial charge in [-0.15, -0.1) is 0 Å². The highest BCUT2D eigenvalue weighted by Crippen LogP contribution is 2.17. The van der Waals surface area contributed by atoms with Crippen molar-refractivity contribution in [2.24, 2.45) is 0 Å². The van der Waals surface area contributed by atoms with Crippen molar-refractivity contribution in [3.63, 3.8) is 0 Å². The van der Waals surface area contributed by atoms with E-state index in [1.54, 1.807) is 24.3 Å². The molecule has 0 bridgehead atoms. The molecule has 1 amide bonds. The number of morpholine rings is 1. The lowest BCUT2D eigenvalue weighted by molar-refractivity contribution is 0.0382. The predicted molar refractivity (Wildman–Crippen MR) is 106 cm³/mol. The SMILES string of the molecule is O=C(NCCN1CCOCC1)c1ccc(CS(=O)(=O)Cc2ccc(Cl)cc2)o1. The van der Waals surface area contributed by atoms with Gasteiger partial charge in [-0.05, 0) is 29.8 Å². The fraction of sp³-hybridized carbons (Fsp3) is 0.421. The molecule has 0 radical (unpaired) electrons. The fourth-order valence-corrected chi connectivity index (χ4v) is 4.44. The number of carbonyl (C=O) groups excluding carboxylic acids is 1. The van der Waals surface area contributed by atoms with Gasteiger partial charge in [0.2, 0.25) is 0 Å². The molecule has 0 aliphatic carbocycles. The van der Waals surface area contributed by atoms with Crippen LogP contribution in [0.3, 0.4) is 0 Å². The molecule has 0 unspecified atom stereocenters. The minimum Gasteiger partial charge on any atom is -0.455 e. The molecule has 1 aliphatic rings. The highest BCUT2D eigenvalue weighted by Gasteiger charge is 2.18. The lowest BCUT2D eigenvalue weighted by atomic mass is 10.2. The fourth-order valence-electron chi connectivity index (χ4n) is 2.92. The number of hydrogen-bond acceptors (Lipinski definition) is 6. The van der Waals surface area contributed by atoms with Gasteiger partial charge in [-0.1, -0.05) is 23.7 Å². The average Bonchev–Trinajstić information content (AvgIpc) is 3.12. The number of halogens is 1. The Balaban J connectivity index is 1.49. The van der Waals surface area contributed by atoms with E-state index in [9.17, 15) is 13.2 Å². The van der Waals surface area contributed by atoms with E-state index in [-0.39, 0.29) is 28.9 Å². The van der Waals surface area contributed by atoms with Crippen molar-refractivity contribution in [3.8, 4) is 0 Å². The van der Waals surface area contributed by atoms with Gasteiger partial charge >= 0.3 is 0 Å². The summed E-state index contributed by atoms with van der Waals surface area (Å²) in [5.41, 5.74) is 0.650. The van der Waals surface area contributed by atoms with Crippen LogP contribution in [-0.4, -0.2) is 58.6 Å². The number of furan rings is 1. The van der Waals surface area contributed by atoms with Gasteiger partial charge in [0.1, 0.15) is 11.5 Å². The number of benzene rings is 1. The van der Waals surface area contributed by atoms with E-state index in [1.807, 2.05) is 0 Å². The van der Waals surface area contributed by atoms with E-state index in [0.717, 1.165) is 19.6 Å². The Hall–Kier alpha value is -1.87. The Kier molecular flexibility index (Phi) is 7.12. The van der Waals surface area contributed by atoms with Gasteiger partial charge in [0, 0.05) is 31.2 Å². The molecule has 3 rings (SSSR count). The summed E-state index contributed by atoms with van der Waals surface area (Å²) in [5.74, 6) is -0.386. The maximum atomic E-state index is 12.4. The summed E-state index contributed by atoms with van der Waals surface area (Å²) in [7, 11) is -3.43. The summed E-state index contributed by atoms with van der Waals surface area (Å²) in [6.07, 6.45) is 0. The van der Waals surface area contributed by atoms with Crippen molar-refractivity contribution < 1.29 is 22.4 Å². The third-order valence-electron chi connectivity index (χ3n) is 4.36. The molecule has 28 heavy (non-hydrogen) atoms. The molecular weight excluding hydrogens is 404 g/mol. The van der Waals surface area contributed by atoms with Gasteiger partial charge in [0.05, 0.1) is 19.0 Å². The second-order valence-electron chi connectivity index (χ2n) is 6.63. The van der Waals surface area contributed by atoms with Crippen LogP contribution in [0.5, 0.6) is 0 Å². The van der Waals surface area contributed by atoms with Crippen molar-refractivity contribution in [1.82, 2.24) is 10.2 Å². The number of hydrogen-bond donors (Lipinski definition) is 1. The first-order chi connectivity index (χ1) is 13.4. The van der Waals surface area contributed by atoms with Crippen LogP contribution >= 0.6 is 11.6 Å². The minimum atomic E-state index is -3.43. The molecule has 1 N–H and O–H groups in total. The first kappa shape index (κ1) is 20.9. The quantitative estimate of drug-likeness (QED) is 0.695. The van der Waals surface area contributed by atoms with Gasteiger partial charge in [0.25, 0.3) is 5.91 Å². The Morgan fingerprint density at radius 3 is 2.50 bits per heavy atom. The standard InChI is InChI=1S/C19H23ClN2O5S/c20-16-3-1-15(2-4-16)13-28(24,25)14-17-5-6-18(27-17)19(23)21-7-8-22-9-11-26-12-10-22/h1-6H,7-14H2,(H,21,23). The Bertz CT molecular complexity index is 889. The molecule has 1 aromatic carbocycles. The lowest BCUT2D eigenvalue weighted by Crippen LogP contribution is -2.41. The number of amides is 1. The number of carbonyl (C=O) groups is 1. The third kappa shape index (κ3) is 6.34. The molecule has 0 saturated carbocycles. The van der Waals surface area contributed by atoms with E-state index in [1.165, 1.54) is 12.1 Å². The Labute approximate surface area is 169 Å². The summed E-state index contributed by atoms with van der Waals surface area (Å²) in [4.78, 5) is 14.4. The van der Waals surface area contributed by atoms with Crippen molar-refractivity contribution in [1.29, 1.82) is 0 Å². The zero-order valence-corrected chi connectivity index (χ0v) is 17.0. The normalized spacial score (nSPS) is 15.5. The second kappa shape index (κ2) is 9.56. The molecule has 0 spiro atoms. The first-order valence-corrected chi connectivity index (χ1v) is 11.2. The monoisotopic (exact) mass is 426 g/mol. The molecule has 1 saturated heterocycles. The van der Waals surface area contributed by atoms with Crippen molar-refractivity contribution in [3.05, 3.63) is 58.5 Å². The van der Waals surface area contributed by atoms with Crippen molar-refractivity contribution >= 4 is 27.3 Å². The molecule has 152 valence electrons. The maximum absolute atomic E-state index is 12.4. The van der Waals surface area contributed by atoms with Crippen LogP contribution in [0, 0.1) is 0 Å². The van der Waals surface area contributed by atoms with E-state index < -0.39 is 9.84 Å². The highest BCUT2D eigenvalue weighted by molar-refractivity contribution is 7.89. The van der Waals surface area contributed by atoms with Crippen LogP contribution in [0.4, 0.5) is 0 Å². The summed E-state index contributed by atoms with van der Waals surface area (Å²) in [5, 5.41) is 3.34. The number of rotatable bonds is 8. The largest absolute Gasteiger partial charge is 0.455 e. The summed E-state index contributed by atoms with van der Waals surface area (Å²) in [6, 6.07) is 9.68. The summed E-state index contributed by atoms with van der Waals surface area (Å²) < 4.78 is 35.5. The second-order valence-corrected chi connectivity index (χ2v) is 9.14. The van der Waals surface area contributed by atoms with E-state index in [0.29, 0.717) is 30.3 Å². The van der Waals surface area contributed by atoms with Gasteiger partial charge in [-0.3, -0.25) is 9.69 Å². The molecular formula is C19H23ClN2O5S. The maximum Gasteiger partial charge on any atom is 0.287 e. The van der Waals surface area contributed by atoms with Crippen LogP contribution in [0.25, 0.3) is 0 Å². The zero-order valence-electron chi connectivity index (χ0n) is 15.4. The molecule has 1 aromatic heterocycles. The van der Waals surface area contributed by atoms with Crippen molar-refractivity contribution in [2.75, 3.05) is 39.4 Å². The number of sulfone groups is 1. The summed E-state index contributed by atoms with van der Waals surface area (Å²) >= 11 is 5.81. The van der Waals surface area contributed by atoms with Crippen LogP contribution in [-0.2, 0) is 26.1 Å². The molecule has 2 heterocycles. The molecule has 2 aromatic rings. The van der Waals surface area contributed by atoms with Gasteiger partial charge < -0.3 is 14.5 Å². The lowest BCUT2D eigenvalue weighted by Gasteiger charge is -2.26. The molecule has 0 atom stereocenters. The molecule has 9 heteroatoms. The Morgan fingerprint density at radius 2 is 1.79 bits per heavy atom. The molecule has 1 fully saturated rings. The molecule has 1 aliphatic heterocycles. The zero-order chi connectivity index (χ0) is 20.0. The smallest absolute Gasteiger partial charge is 0.287 e. The van der Waals surface area contributed by atoms with Crippen LogP contribution in [0.1, 0.15) is 21.9 Å². The van der Waals surface area contributed by atoms with Crippen LogP contribution in [0.15, 0.2) is 40.8 Å². The van der Waals surface area contributed by atoms with Crippen LogP contribution in [0.2, 0.25) is 5.02 Å². The van der Waals surface area contributed by atoms with Crippen molar-refractivity contribution in [2.45, 2.75) is 11.5 Å². The number of nitrogens with zero attached hydrogens (tertiary/aromatic N) is 1. The van der Waals surface area contributed by atoms with Gasteiger partial charge in [0.15, 0.2) is 15.6 Å². The van der Waals surface area contributed by atoms with E-state index in [4.69, 9.17) is 20.8 Å². The number of ether oxygens (including phenoxy) is 1. The highest BCUT2D eigenvalue weighted by atomic mass is 35.5. The average molecular weight is 427 g/mol. The van der Waals surface area contributed by atoms with Gasteiger partial charge in [-0.2, -0.15) is 0 Å². The molecule has 7 nitrogen and oxygen atoms in total. The summed E-state index contributed by atoms with van der Waals surface area (Å²) in [6.45, 7) is 4.35. The minimum absolute atomic E-state index is 0.110.